The quantitative estimate of drug-likeness (QED) is 0.463. The van der Waals surface area contributed by atoms with E-state index in [4.69, 9.17) is 11.6 Å². The molecule has 0 unspecified atom stereocenters. The maximum absolute atomic E-state index is 11.6. The first-order valence-corrected chi connectivity index (χ1v) is 7.49. The van der Waals surface area contributed by atoms with Gasteiger partial charge in [-0.1, -0.05) is 0 Å². The number of aryl methyl sites for hydroxylation is 1. The molecule has 0 bridgehead atoms. The average Bonchev–Trinajstić information content (AvgIpc) is 2.63. The van der Waals surface area contributed by atoms with E-state index in [1.807, 2.05) is 11.8 Å². The molecule has 1 aromatic rings. The van der Waals surface area contributed by atoms with E-state index >= 15 is 0 Å². The number of Topliss-reactive ketones (excluding diaryl/α,β-unsaturated/α-hetero) is 1. The molecule has 0 amide bonds. The van der Waals surface area contributed by atoms with E-state index in [2.05, 4.69) is 6.07 Å². The number of carbonyl (C=O) groups excluding carboxylic acids is 1. The van der Waals surface area contributed by atoms with Crippen molar-refractivity contribution in [3.63, 3.8) is 0 Å². The molecule has 0 saturated heterocycles. The van der Waals surface area contributed by atoms with E-state index < -0.39 is 0 Å². The summed E-state index contributed by atoms with van der Waals surface area (Å²) in [6.45, 7) is 0. The summed E-state index contributed by atoms with van der Waals surface area (Å²) in [6.07, 6.45) is 3.87. The van der Waals surface area contributed by atoms with Crippen molar-refractivity contribution < 1.29 is 4.79 Å². The van der Waals surface area contributed by atoms with Gasteiger partial charge in [0.25, 0.3) is 0 Å². The Morgan fingerprint density at radius 2 is 2.33 bits per heavy atom. The van der Waals surface area contributed by atoms with Crippen LogP contribution in [0.2, 0.25) is 0 Å². The molecule has 1 aliphatic rings. The van der Waals surface area contributed by atoms with Gasteiger partial charge < -0.3 is 0 Å². The number of hydrogen-bond donors (Lipinski definition) is 0. The van der Waals surface area contributed by atoms with Crippen LogP contribution in [0.25, 0.3) is 0 Å². The molecule has 1 nitrogen and oxygen atoms in total. The maximum Gasteiger partial charge on any atom is 0.164 e. The summed E-state index contributed by atoms with van der Waals surface area (Å²) in [5, 5.41) is 0. The summed E-state index contributed by atoms with van der Waals surface area (Å²) in [6, 6.07) is 2.07. The van der Waals surface area contributed by atoms with E-state index in [0.29, 0.717) is 5.78 Å². The molecule has 15 heavy (non-hydrogen) atoms. The van der Waals surface area contributed by atoms with E-state index in [0.717, 1.165) is 42.9 Å². The SMILES string of the molecule is O=C1CCCc2sc(SCCCCl)cc21. The van der Waals surface area contributed by atoms with E-state index in [-0.39, 0.29) is 0 Å². The average molecular weight is 261 g/mol. The van der Waals surface area contributed by atoms with Crippen LogP contribution in [0.4, 0.5) is 0 Å². The Labute approximate surface area is 103 Å². The number of thioether (sulfide) groups is 1. The number of fused-ring (bicyclic) bond motifs is 1. The Morgan fingerprint density at radius 1 is 1.47 bits per heavy atom. The maximum atomic E-state index is 11.6. The minimum Gasteiger partial charge on any atom is -0.294 e. The number of carbonyl (C=O) groups is 1. The third kappa shape index (κ3) is 2.77. The van der Waals surface area contributed by atoms with Gasteiger partial charge in [0.1, 0.15) is 0 Å². The Hall–Kier alpha value is 0.01000. The standard InChI is InChI=1S/C11H13ClOS2/c12-5-2-6-14-11-7-8-9(13)3-1-4-10(8)15-11/h7H,1-6H2. The Morgan fingerprint density at radius 3 is 3.07 bits per heavy atom. The fourth-order valence-electron chi connectivity index (χ4n) is 1.67. The van der Waals surface area contributed by atoms with Crippen LogP contribution < -0.4 is 0 Å². The van der Waals surface area contributed by atoms with Crippen LogP contribution >= 0.6 is 34.7 Å². The molecule has 0 atom stereocenters. The highest BCUT2D eigenvalue weighted by Crippen LogP contribution is 2.35. The van der Waals surface area contributed by atoms with Gasteiger partial charge in [-0.3, -0.25) is 4.79 Å². The van der Waals surface area contributed by atoms with Crippen LogP contribution in [0, 0.1) is 0 Å². The van der Waals surface area contributed by atoms with Crippen LogP contribution in [0.1, 0.15) is 34.5 Å². The molecule has 4 heteroatoms. The highest BCUT2D eigenvalue weighted by Gasteiger charge is 2.20. The number of hydrogen-bond acceptors (Lipinski definition) is 3. The van der Waals surface area contributed by atoms with E-state index in [1.165, 1.54) is 9.09 Å². The van der Waals surface area contributed by atoms with Crippen molar-refractivity contribution in [2.75, 3.05) is 11.6 Å². The highest BCUT2D eigenvalue weighted by molar-refractivity contribution is 8.01. The zero-order valence-electron chi connectivity index (χ0n) is 8.42. The van der Waals surface area contributed by atoms with Gasteiger partial charge in [-0.05, 0) is 31.1 Å². The molecular weight excluding hydrogens is 248 g/mol. The molecule has 0 fully saturated rings. The molecule has 2 rings (SSSR count). The monoisotopic (exact) mass is 260 g/mol. The number of thiophene rings is 1. The molecule has 0 aliphatic heterocycles. The fourth-order valence-corrected chi connectivity index (χ4v) is 4.39. The highest BCUT2D eigenvalue weighted by atomic mass is 35.5. The minimum absolute atomic E-state index is 0.330. The number of alkyl halides is 1. The van der Waals surface area contributed by atoms with Crippen LogP contribution in [0.3, 0.4) is 0 Å². The van der Waals surface area contributed by atoms with Crippen LogP contribution in [-0.2, 0) is 6.42 Å². The van der Waals surface area contributed by atoms with Crippen molar-refractivity contribution >= 4 is 40.5 Å². The van der Waals surface area contributed by atoms with Gasteiger partial charge in [-0.15, -0.1) is 34.7 Å². The summed E-state index contributed by atoms with van der Waals surface area (Å²) >= 11 is 9.24. The predicted molar refractivity (Wildman–Crippen MR) is 67.6 cm³/mol. The van der Waals surface area contributed by atoms with Crippen molar-refractivity contribution in [2.45, 2.75) is 29.9 Å². The van der Waals surface area contributed by atoms with Gasteiger partial charge in [0.2, 0.25) is 0 Å². The molecule has 82 valence electrons. The lowest BCUT2D eigenvalue weighted by Crippen LogP contribution is -2.06. The van der Waals surface area contributed by atoms with Gasteiger partial charge in [-0.25, -0.2) is 0 Å². The summed E-state index contributed by atoms with van der Waals surface area (Å²) in [7, 11) is 0. The third-order valence-electron chi connectivity index (χ3n) is 2.42. The lowest BCUT2D eigenvalue weighted by atomic mass is 9.98. The molecular formula is C11H13ClOS2. The molecule has 0 saturated carbocycles. The molecule has 0 aromatic carbocycles. The molecule has 0 spiro atoms. The number of rotatable bonds is 4. The molecule has 1 heterocycles. The van der Waals surface area contributed by atoms with Crippen LogP contribution in [-0.4, -0.2) is 17.4 Å². The summed E-state index contributed by atoms with van der Waals surface area (Å²) in [5.41, 5.74) is 0.986. The zero-order valence-corrected chi connectivity index (χ0v) is 10.8. The second-order valence-electron chi connectivity index (χ2n) is 3.57. The first-order chi connectivity index (χ1) is 7.31. The Kier molecular flexibility index (Phi) is 4.12. The molecule has 1 aliphatic carbocycles. The van der Waals surface area contributed by atoms with E-state index in [9.17, 15) is 4.79 Å². The molecule has 0 N–H and O–H groups in total. The van der Waals surface area contributed by atoms with Gasteiger partial charge >= 0.3 is 0 Å². The summed E-state index contributed by atoms with van der Waals surface area (Å²) < 4.78 is 1.28. The molecule has 0 radical (unpaired) electrons. The summed E-state index contributed by atoms with van der Waals surface area (Å²) in [4.78, 5) is 12.9. The largest absolute Gasteiger partial charge is 0.294 e. The van der Waals surface area contributed by atoms with Gasteiger partial charge in [0.05, 0.1) is 4.21 Å². The second kappa shape index (κ2) is 5.37. The Bertz CT molecular complexity index is 359. The predicted octanol–water partition coefficient (Wildman–Crippen LogP) is 3.99. The second-order valence-corrected chi connectivity index (χ2v) is 6.48. The normalized spacial score (nSPS) is 15.4. The fraction of sp³-hybridized carbons (Fsp3) is 0.545. The minimum atomic E-state index is 0.330. The van der Waals surface area contributed by atoms with Crippen molar-refractivity contribution in [3.8, 4) is 0 Å². The lowest BCUT2D eigenvalue weighted by Gasteiger charge is -2.07. The summed E-state index contributed by atoms with van der Waals surface area (Å²) in [5.74, 6) is 2.10. The first kappa shape index (κ1) is 11.5. The Balaban J connectivity index is 2.05. The van der Waals surface area contributed by atoms with Crippen molar-refractivity contribution in [2.24, 2.45) is 0 Å². The number of halogens is 1. The van der Waals surface area contributed by atoms with Crippen molar-refractivity contribution in [1.29, 1.82) is 0 Å². The van der Waals surface area contributed by atoms with Gasteiger partial charge in [0, 0.05) is 22.7 Å². The van der Waals surface area contributed by atoms with Gasteiger partial charge in [0.15, 0.2) is 5.78 Å². The zero-order chi connectivity index (χ0) is 10.7. The first-order valence-electron chi connectivity index (χ1n) is 5.16. The topological polar surface area (TPSA) is 17.1 Å². The third-order valence-corrected chi connectivity index (χ3v) is 5.17. The molecule has 1 aromatic heterocycles. The number of ketones is 1. The van der Waals surface area contributed by atoms with Crippen LogP contribution in [0.5, 0.6) is 0 Å². The van der Waals surface area contributed by atoms with Crippen LogP contribution in [0.15, 0.2) is 10.3 Å². The van der Waals surface area contributed by atoms with Gasteiger partial charge in [-0.2, -0.15) is 0 Å². The van der Waals surface area contributed by atoms with Crippen molar-refractivity contribution in [1.82, 2.24) is 0 Å². The lowest BCUT2D eigenvalue weighted by molar-refractivity contribution is 0.0973. The van der Waals surface area contributed by atoms with Crippen molar-refractivity contribution in [3.05, 3.63) is 16.5 Å². The van der Waals surface area contributed by atoms with E-state index in [1.54, 1.807) is 11.3 Å². The smallest absolute Gasteiger partial charge is 0.164 e.